The predicted octanol–water partition coefficient (Wildman–Crippen LogP) is 1.51. The van der Waals surface area contributed by atoms with E-state index in [9.17, 15) is 0 Å². The van der Waals surface area contributed by atoms with Gasteiger partial charge in [0.1, 0.15) is 0 Å². The lowest BCUT2D eigenvalue weighted by molar-refractivity contribution is 0.108. The molecule has 0 aliphatic rings. The summed E-state index contributed by atoms with van der Waals surface area (Å²) < 4.78 is 5.09. The number of aliphatic hydroxyl groups is 1. The first kappa shape index (κ1) is 13.9. The van der Waals surface area contributed by atoms with Gasteiger partial charge in [-0.2, -0.15) is 0 Å². The Kier molecular flexibility index (Phi) is 9.35. The summed E-state index contributed by atoms with van der Waals surface area (Å²) in [5.74, 6) is 0. The molecule has 0 rings (SSSR count). The molecule has 0 radical (unpaired) electrons. The molecule has 1 N–H and O–H groups in total. The van der Waals surface area contributed by atoms with Crippen LogP contribution in [-0.4, -0.2) is 49.5 Å². The quantitative estimate of drug-likeness (QED) is 0.616. The summed E-state index contributed by atoms with van der Waals surface area (Å²) in [5, 5.41) is 8.81. The molecule has 0 amide bonds. The molecule has 0 aromatic carbocycles. The van der Waals surface area contributed by atoms with Crippen LogP contribution >= 0.6 is 0 Å². The smallest absolute Gasteiger partial charge is 0.0589 e. The summed E-state index contributed by atoms with van der Waals surface area (Å²) in [7, 11) is 1.73. The van der Waals surface area contributed by atoms with Crippen molar-refractivity contribution in [2.24, 2.45) is 0 Å². The molecule has 0 bridgehead atoms. The number of rotatable bonds is 9. The predicted molar refractivity (Wildman–Crippen MR) is 59.5 cm³/mol. The third-order valence-electron chi connectivity index (χ3n) is 2.64. The second-order valence-corrected chi connectivity index (χ2v) is 3.58. The topological polar surface area (TPSA) is 32.7 Å². The van der Waals surface area contributed by atoms with Crippen molar-refractivity contribution in [1.29, 1.82) is 0 Å². The summed E-state index contributed by atoms with van der Waals surface area (Å²) >= 11 is 0. The van der Waals surface area contributed by atoms with Crippen molar-refractivity contribution in [3.05, 3.63) is 0 Å². The number of hydrogen-bond donors (Lipinski definition) is 1. The molecule has 0 aliphatic heterocycles. The van der Waals surface area contributed by atoms with Gasteiger partial charge in [-0.15, -0.1) is 0 Å². The van der Waals surface area contributed by atoms with E-state index in [0.29, 0.717) is 6.04 Å². The van der Waals surface area contributed by atoms with Crippen LogP contribution in [0.4, 0.5) is 0 Å². The van der Waals surface area contributed by atoms with Crippen LogP contribution in [0, 0.1) is 0 Å². The van der Waals surface area contributed by atoms with Crippen molar-refractivity contribution in [3.8, 4) is 0 Å². The van der Waals surface area contributed by atoms with Crippen LogP contribution < -0.4 is 0 Å². The van der Waals surface area contributed by atoms with Gasteiger partial charge >= 0.3 is 0 Å². The minimum absolute atomic E-state index is 0.281. The third-order valence-corrected chi connectivity index (χ3v) is 2.64. The number of methoxy groups -OCH3 is 1. The number of aliphatic hydroxyl groups excluding tert-OH is 1. The molecule has 0 heterocycles. The van der Waals surface area contributed by atoms with Gasteiger partial charge in [0.05, 0.1) is 6.61 Å². The van der Waals surface area contributed by atoms with Gasteiger partial charge in [-0.1, -0.05) is 13.8 Å². The highest BCUT2D eigenvalue weighted by molar-refractivity contribution is 4.68. The first-order chi connectivity index (χ1) is 6.79. The molecule has 0 saturated heterocycles. The average molecular weight is 203 g/mol. The van der Waals surface area contributed by atoms with Crippen LogP contribution in [0.5, 0.6) is 0 Å². The molecule has 86 valence electrons. The lowest BCUT2D eigenvalue weighted by Crippen LogP contribution is -2.38. The second kappa shape index (κ2) is 9.44. The van der Waals surface area contributed by atoms with Crippen LogP contribution in [0.3, 0.4) is 0 Å². The molecule has 0 aromatic rings. The monoisotopic (exact) mass is 203 g/mol. The third kappa shape index (κ3) is 5.58. The van der Waals surface area contributed by atoms with E-state index in [2.05, 4.69) is 18.7 Å². The van der Waals surface area contributed by atoms with Crippen LogP contribution in [0.15, 0.2) is 0 Å². The lowest BCUT2D eigenvalue weighted by atomic mass is 10.1. The Balaban J connectivity index is 3.92. The maximum atomic E-state index is 8.81. The van der Waals surface area contributed by atoms with Crippen molar-refractivity contribution in [3.63, 3.8) is 0 Å². The first-order valence-corrected chi connectivity index (χ1v) is 5.63. The van der Waals surface area contributed by atoms with Gasteiger partial charge in [0, 0.05) is 32.8 Å². The fourth-order valence-corrected chi connectivity index (χ4v) is 1.76. The van der Waals surface area contributed by atoms with E-state index in [4.69, 9.17) is 9.84 Å². The Bertz CT molecular complexity index is 108. The molecule has 14 heavy (non-hydrogen) atoms. The van der Waals surface area contributed by atoms with E-state index in [1.54, 1.807) is 7.11 Å². The second-order valence-electron chi connectivity index (χ2n) is 3.58. The SMILES string of the molecule is CCC(CC)N(CCCO)CCOC. The van der Waals surface area contributed by atoms with Crippen LogP contribution in [0.1, 0.15) is 33.1 Å². The van der Waals surface area contributed by atoms with Crippen LogP contribution in [0.2, 0.25) is 0 Å². The van der Waals surface area contributed by atoms with E-state index in [0.717, 1.165) is 26.1 Å². The minimum Gasteiger partial charge on any atom is -0.396 e. The van der Waals surface area contributed by atoms with Crippen molar-refractivity contribution in [1.82, 2.24) is 4.90 Å². The molecule has 0 atom stereocenters. The highest BCUT2D eigenvalue weighted by Crippen LogP contribution is 2.08. The maximum Gasteiger partial charge on any atom is 0.0589 e. The van der Waals surface area contributed by atoms with Crippen molar-refractivity contribution >= 4 is 0 Å². The number of hydrogen-bond acceptors (Lipinski definition) is 3. The Labute approximate surface area is 88.1 Å². The zero-order valence-corrected chi connectivity index (χ0v) is 9.83. The molecule has 0 fully saturated rings. The fourth-order valence-electron chi connectivity index (χ4n) is 1.76. The molecule has 3 nitrogen and oxygen atoms in total. The van der Waals surface area contributed by atoms with Gasteiger partial charge in [-0.25, -0.2) is 0 Å². The molecule has 0 saturated carbocycles. The molecule has 0 aliphatic carbocycles. The van der Waals surface area contributed by atoms with Crippen LogP contribution in [-0.2, 0) is 4.74 Å². The van der Waals surface area contributed by atoms with Gasteiger partial charge < -0.3 is 9.84 Å². The normalized spacial score (nSPS) is 11.6. The summed E-state index contributed by atoms with van der Waals surface area (Å²) in [6.45, 7) is 7.44. The Morgan fingerprint density at radius 1 is 1.21 bits per heavy atom. The van der Waals surface area contributed by atoms with E-state index >= 15 is 0 Å². The van der Waals surface area contributed by atoms with Crippen molar-refractivity contribution < 1.29 is 9.84 Å². The van der Waals surface area contributed by atoms with E-state index in [-0.39, 0.29) is 6.61 Å². The summed E-state index contributed by atoms with van der Waals surface area (Å²) in [6, 6.07) is 0.636. The lowest BCUT2D eigenvalue weighted by Gasteiger charge is -2.29. The summed E-state index contributed by atoms with van der Waals surface area (Å²) in [6.07, 6.45) is 3.21. The molecule has 0 unspecified atom stereocenters. The Morgan fingerprint density at radius 2 is 1.86 bits per heavy atom. The maximum absolute atomic E-state index is 8.81. The zero-order chi connectivity index (χ0) is 10.8. The first-order valence-electron chi connectivity index (χ1n) is 5.63. The molecule has 0 aromatic heterocycles. The highest BCUT2D eigenvalue weighted by Gasteiger charge is 2.13. The van der Waals surface area contributed by atoms with Crippen molar-refractivity contribution in [2.75, 3.05) is 33.4 Å². The summed E-state index contributed by atoms with van der Waals surface area (Å²) in [5.41, 5.74) is 0. The molecule has 0 spiro atoms. The van der Waals surface area contributed by atoms with E-state index in [1.165, 1.54) is 12.8 Å². The Hall–Kier alpha value is -0.120. The zero-order valence-electron chi connectivity index (χ0n) is 9.83. The average Bonchev–Trinajstić information content (AvgIpc) is 2.22. The van der Waals surface area contributed by atoms with Gasteiger partial charge in [0.2, 0.25) is 0 Å². The summed E-state index contributed by atoms with van der Waals surface area (Å²) in [4.78, 5) is 2.42. The van der Waals surface area contributed by atoms with Gasteiger partial charge in [-0.3, -0.25) is 4.90 Å². The number of ether oxygens (including phenoxy) is 1. The van der Waals surface area contributed by atoms with E-state index in [1.807, 2.05) is 0 Å². The van der Waals surface area contributed by atoms with Crippen LogP contribution in [0.25, 0.3) is 0 Å². The minimum atomic E-state index is 0.281. The molecular weight excluding hydrogens is 178 g/mol. The standard InChI is InChI=1S/C11H25NO2/c1-4-11(5-2)12(7-6-9-13)8-10-14-3/h11,13H,4-10H2,1-3H3. The fraction of sp³-hybridized carbons (Fsp3) is 1.00. The van der Waals surface area contributed by atoms with E-state index < -0.39 is 0 Å². The largest absolute Gasteiger partial charge is 0.396 e. The van der Waals surface area contributed by atoms with Crippen molar-refractivity contribution in [2.45, 2.75) is 39.2 Å². The highest BCUT2D eigenvalue weighted by atomic mass is 16.5. The number of nitrogens with zero attached hydrogens (tertiary/aromatic N) is 1. The van der Waals surface area contributed by atoms with Gasteiger partial charge in [0.15, 0.2) is 0 Å². The van der Waals surface area contributed by atoms with Gasteiger partial charge in [-0.05, 0) is 19.3 Å². The molecular formula is C11H25NO2. The Morgan fingerprint density at radius 3 is 2.29 bits per heavy atom. The van der Waals surface area contributed by atoms with Gasteiger partial charge in [0.25, 0.3) is 0 Å². The molecule has 3 heteroatoms.